The van der Waals surface area contributed by atoms with Gasteiger partial charge in [0.1, 0.15) is 18.8 Å². The lowest BCUT2D eigenvalue weighted by Gasteiger charge is -2.41. The molecule has 240 valence electrons. The molecule has 1 heterocycles. The maximum Gasteiger partial charge on any atom is 0.338 e. The van der Waals surface area contributed by atoms with Gasteiger partial charge in [-0.2, -0.15) is 0 Å². The van der Waals surface area contributed by atoms with Gasteiger partial charge in [-0.05, 0) is 36.4 Å². The van der Waals surface area contributed by atoms with Crippen molar-refractivity contribution in [1.29, 1.82) is 0 Å². The van der Waals surface area contributed by atoms with Crippen LogP contribution in [0.15, 0.2) is 36.4 Å². The van der Waals surface area contributed by atoms with Crippen molar-refractivity contribution in [2.75, 3.05) is 6.61 Å². The molecule has 18 heteroatoms. The standard InChI is InChI=1S/C27H24O18/c28-11-1-8(2-12(29)18(11)34)24(38)42-7-17-22(44-25(39)9-3-13(30)19(35)14(31)4-9)23(21(37)27(41)43-17)45-26(40)10-5-15(32)20(36)16(33)6-10/h1-6,17,21-23,27-37,41H,7H2/t17-,21-,22-,23-,27+/m1/s1. The van der Waals surface area contributed by atoms with Crippen LogP contribution in [0.4, 0.5) is 0 Å². The number of hydrogen-bond donors (Lipinski definition) is 11. The molecule has 0 aromatic heterocycles. The van der Waals surface area contributed by atoms with Crippen LogP contribution in [0.2, 0.25) is 0 Å². The minimum absolute atomic E-state index is 0.488. The number of carbonyl (C=O) groups is 3. The molecule has 0 amide bonds. The number of aromatic hydroxyl groups is 9. The fourth-order valence-corrected chi connectivity index (χ4v) is 4.11. The summed E-state index contributed by atoms with van der Waals surface area (Å²) in [6.45, 7) is -0.941. The minimum Gasteiger partial charge on any atom is -0.504 e. The first kappa shape index (κ1) is 32.1. The smallest absolute Gasteiger partial charge is 0.338 e. The van der Waals surface area contributed by atoms with Crippen LogP contribution in [0, 0.1) is 0 Å². The van der Waals surface area contributed by atoms with E-state index in [1.54, 1.807) is 0 Å². The highest BCUT2D eigenvalue weighted by Crippen LogP contribution is 2.38. The summed E-state index contributed by atoms with van der Waals surface area (Å²) in [5.74, 6) is -12.5. The highest BCUT2D eigenvalue weighted by Gasteiger charge is 2.50. The zero-order valence-electron chi connectivity index (χ0n) is 22.3. The van der Waals surface area contributed by atoms with Gasteiger partial charge in [-0.1, -0.05) is 0 Å². The van der Waals surface area contributed by atoms with E-state index in [1.807, 2.05) is 0 Å². The lowest BCUT2D eigenvalue weighted by atomic mass is 9.98. The van der Waals surface area contributed by atoms with Crippen molar-refractivity contribution in [1.82, 2.24) is 0 Å². The largest absolute Gasteiger partial charge is 0.504 e. The Bertz CT molecular complexity index is 1580. The lowest BCUT2D eigenvalue weighted by Crippen LogP contribution is -2.61. The van der Waals surface area contributed by atoms with E-state index in [0.717, 1.165) is 12.1 Å². The zero-order valence-corrected chi connectivity index (χ0v) is 22.3. The van der Waals surface area contributed by atoms with Crippen molar-refractivity contribution >= 4 is 17.9 Å². The summed E-state index contributed by atoms with van der Waals surface area (Å²) >= 11 is 0. The van der Waals surface area contributed by atoms with Crippen LogP contribution in [-0.4, -0.2) is 111 Å². The van der Waals surface area contributed by atoms with Crippen LogP contribution >= 0.6 is 0 Å². The highest BCUT2D eigenvalue weighted by atomic mass is 16.7. The van der Waals surface area contributed by atoms with Gasteiger partial charge in [0.15, 0.2) is 70.2 Å². The number of benzene rings is 3. The fourth-order valence-electron chi connectivity index (χ4n) is 4.11. The van der Waals surface area contributed by atoms with Crippen molar-refractivity contribution < 1.29 is 89.5 Å². The van der Waals surface area contributed by atoms with Crippen LogP contribution in [0.5, 0.6) is 51.7 Å². The molecule has 45 heavy (non-hydrogen) atoms. The van der Waals surface area contributed by atoms with Gasteiger partial charge in [0, 0.05) is 0 Å². The molecule has 4 rings (SSSR count). The van der Waals surface area contributed by atoms with Crippen LogP contribution in [0.25, 0.3) is 0 Å². The number of hydrogen-bond acceptors (Lipinski definition) is 18. The summed E-state index contributed by atoms with van der Waals surface area (Å²) in [7, 11) is 0. The molecule has 1 aliphatic heterocycles. The monoisotopic (exact) mass is 636 g/mol. The van der Waals surface area contributed by atoms with E-state index >= 15 is 0 Å². The summed E-state index contributed by atoms with van der Waals surface area (Å²) in [5, 5.41) is 108. The SMILES string of the molecule is O=C(OC[C@H]1O[C@H](O)[C@H](O)[C@@H](OC(=O)c2cc(O)c(O)c(O)c2)[C@@H]1OC(=O)c1cc(O)c(O)c(O)c1)c1cc(O)c(O)c(O)c1. The fraction of sp³-hybridized carbons (Fsp3) is 0.222. The van der Waals surface area contributed by atoms with Crippen LogP contribution in [0.1, 0.15) is 31.1 Å². The second-order valence-electron chi connectivity index (χ2n) is 9.48. The number of aliphatic hydroxyl groups excluding tert-OH is 2. The number of aliphatic hydroxyl groups is 2. The molecule has 0 unspecified atom stereocenters. The Hall–Kier alpha value is -5.85. The third-order valence-electron chi connectivity index (χ3n) is 6.41. The Morgan fingerprint density at radius 3 is 1.27 bits per heavy atom. The van der Waals surface area contributed by atoms with Gasteiger partial charge in [-0.25, -0.2) is 14.4 Å². The quantitative estimate of drug-likeness (QED) is 0.0902. The third kappa shape index (κ3) is 6.56. The van der Waals surface area contributed by atoms with Crippen LogP contribution < -0.4 is 0 Å². The minimum atomic E-state index is -2.19. The Kier molecular flexibility index (Phi) is 8.84. The summed E-state index contributed by atoms with van der Waals surface area (Å²) in [6, 6.07) is 4.15. The molecule has 1 fully saturated rings. The van der Waals surface area contributed by atoms with E-state index in [4.69, 9.17) is 18.9 Å². The van der Waals surface area contributed by atoms with Gasteiger partial charge in [0.2, 0.25) is 0 Å². The van der Waals surface area contributed by atoms with Gasteiger partial charge in [-0.15, -0.1) is 0 Å². The first-order valence-corrected chi connectivity index (χ1v) is 12.4. The van der Waals surface area contributed by atoms with Gasteiger partial charge in [0.25, 0.3) is 0 Å². The van der Waals surface area contributed by atoms with Crippen molar-refractivity contribution in [2.24, 2.45) is 0 Å². The van der Waals surface area contributed by atoms with Gasteiger partial charge in [0.05, 0.1) is 16.7 Å². The van der Waals surface area contributed by atoms with E-state index in [-0.39, 0.29) is 0 Å². The molecule has 0 saturated carbocycles. The van der Waals surface area contributed by atoms with Crippen molar-refractivity contribution in [2.45, 2.75) is 30.7 Å². The molecule has 11 N–H and O–H groups in total. The predicted octanol–water partition coefficient (Wildman–Crippen LogP) is -0.277. The van der Waals surface area contributed by atoms with Crippen molar-refractivity contribution in [3.05, 3.63) is 53.1 Å². The van der Waals surface area contributed by atoms with Gasteiger partial charge >= 0.3 is 17.9 Å². The van der Waals surface area contributed by atoms with E-state index in [2.05, 4.69) is 0 Å². The Morgan fingerprint density at radius 1 is 0.556 bits per heavy atom. The van der Waals surface area contributed by atoms with Crippen LogP contribution in [0.3, 0.4) is 0 Å². The predicted molar refractivity (Wildman–Crippen MR) is 140 cm³/mol. The Labute approximate surface area is 249 Å². The topological polar surface area (TPSA) is 311 Å². The first-order valence-electron chi connectivity index (χ1n) is 12.4. The van der Waals surface area contributed by atoms with E-state index < -0.39 is 124 Å². The zero-order chi connectivity index (χ0) is 33.3. The van der Waals surface area contributed by atoms with Crippen molar-refractivity contribution in [3.63, 3.8) is 0 Å². The average molecular weight is 636 g/mol. The van der Waals surface area contributed by atoms with E-state index in [1.165, 1.54) is 0 Å². The molecule has 3 aromatic rings. The molecule has 1 saturated heterocycles. The number of ether oxygens (including phenoxy) is 4. The summed E-state index contributed by atoms with van der Waals surface area (Å²) in [6.07, 6.45) is -10.2. The maximum atomic E-state index is 13.0. The highest BCUT2D eigenvalue weighted by molar-refractivity contribution is 5.93. The molecule has 0 aliphatic carbocycles. The van der Waals surface area contributed by atoms with Gasteiger partial charge < -0.3 is 75.1 Å². The number of phenolic OH excluding ortho intramolecular Hbond substituents is 9. The molecule has 0 bridgehead atoms. The second-order valence-corrected chi connectivity index (χ2v) is 9.48. The molecular weight excluding hydrogens is 612 g/mol. The number of esters is 3. The van der Waals surface area contributed by atoms with Crippen molar-refractivity contribution in [3.8, 4) is 51.7 Å². The average Bonchev–Trinajstić information content (AvgIpc) is 2.98. The summed E-state index contributed by atoms with van der Waals surface area (Å²) < 4.78 is 20.8. The molecular formula is C27H24O18. The Balaban J connectivity index is 1.66. The van der Waals surface area contributed by atoms with Crippen LogP contribution in [-0.2, 0) is 18.9 Å². The van der Waals surface area contributed by atoms with E-state index in [9.17, 15) is 70.6 Å². The third-order valence-corrected chi connectivity index (χ3v) is 6.41. The molecule has 3 aromatic carbocycles. The first-order chi connectivity index (χ1) is 21.1. The second kappa shape index (κ2) is 12.4. The molecule has 1 aliphatic rings. The number of rotatable bonds is 7. The summed E-state index contributed by atoms with van der Waals surface area (Å²) in [4.78, 5) is 38.5. The molecule has 5 atom stereocenters. The number of phenols is 9. The molecule has 0 radical (unpaired) electrons. The molecule has 0 spiro atoms. The molecule has 18 nitrogen and oxygen atoms in total. The maximum absolute atomic E-state index is 13.0. The Morgan fingerprint density at radius 2 is 0.889 bits per heavy atom. The van der Waals surface area contributed by atoms with Gasteiger partial charge in [-0.3, -0.25) is 0 Å². The van der Waals surface area contributed by atoms with E-state index in [0.29, 0.717) is 24.3 Å². The lowest BCUT2D eigenvalue weighted by molar-refractivity contribution is -0.285. The normalized spacial score (nSPS) is 21.1. The summed E-state index contributed by atoms with van der Waals surface area (Å²) in [5.41, 5.74) is -1.67. The number of carbonyl (C=O) groups excluding carboxylic acids is 3.